The molecule has 1 saturated heterocycles. The smallest absolute Gasteiger partial charge is 0.276 e. The minimum atomic E-state index is -0.494. The molecule has 1 aliphatic rings. The summed E-state index contributed by atoms with van der Waals surface area (Å²) >= 11 is 6.11. The molecule has 0 aliphatic carbocycles. The number of nitrogens with zero attached hydrogens (tertiary/aromatic N) is 2. The third-order valence-electron chi connectivity index (χ3n) is 6.29. The fraction of sp³-hybridized carbons (Fsp3) is 0.333. The van der Waals surface area contributed by atoms with Crippen LogP contribution in [0.5, 0.6) is 0 Å². The number of rotatable bonds is 9. The molecule has 2 aromatic carbocycles. The Labute approximate surface area is 215 Å². The van der Waals surface area contributed by atoms with E-state index in [1.165, 1.54) is 19.2 Å². The summed E-state index contributed by atoms with van der Waals surface area (Å²) in [4.78, 5) is 47.1. The molecule has 188 valence electrons. The highest BCUT2D eigenvalue weighted by Crippen LogP contribution is 2.19. The zero-order valence-electron chi connectivity index (χ0n) is 20.2. The quantitative estimate of drug-likeness (QED) is 0.376. The van der Waals surface area contributed by atoms with E-state index < -0.39 is 5.91 Å². The summed E-state index contributed by atoms with van der Waals surface area (Å²) in [6, 6.07) is 13.9. The lowest BCUT2D eigenvalue weighted by molar-refractivity contribution is 0.0926. The molecule has 8 nitrogen and oxygen atoms in total. The molecule has 2 amide bonds. The predicted molar refractivity (Wildman–Crippen MR) is 140 cm³/mol. The first-order valence-electron chi connectivity index (χ1n) is 12.1. The molecule has 4 rings (SSSR count). The zero-order valence-corrected chi connectivity index (χ0v) is 21.0. The maximum absolute atomic E-state index is 12.8. The topological polar surface area (TPSA) is 107 Å². The van der Waals surface area contributed by atoms with Crippen LogP contribution in [0.3, 0.4) is 0 Å². The van der Waals surface area contributed by atoms with Crippen molar-refractivity contribution in [3.05, 3.63) is 82.4 Å². The second-order valence-electron chi connectivity index (χ2n) is 9.16. The molecular formula is C27H30ClN5O3. The summed E-state index contributed by atoms with van der Waals surface area (Å²) in [6.45, 7) is 5.61. The van der Waals surface area contributed by atoms with Crippen molar-refractivity contribution in [3.8, 4) is 0 Å². The third kappa shape index (κ3) is 6.59. The number of aromatic nitrogens is 2. The molecule has 1 atom stereocenters. The molecule has 1 unspecified atom stereocenters. The fourth-order valence-electron chi connectivity index (χ4n) is 4.41. The van der Waals surface area contributed by atoms with Gasteiger partial charge in [-0.25, -0.2) is 4.98 Å². The minimum absolute atomic E-state index is 0.0251. The number of ketones is 1. The van der Waals surface area contributed by atoms with Crippen LogP contribution in [0.1, 0.15) is 56.7 Å². The lowest BCUT2D eigenvalue weighted by Crippen LogP contribution is -2.40. The van der Waals surface area contributed by atoms with E-state index >= 15 is 0 Å². The summed E-state index contributed by atoms with van der Waals surface area (Å²) in [5, 5.41) is 6.06. The lowest BCUT2D eigenvalue weighted by atomic mass is 10.0. The summed E-state index contributed by atoms with van der Waals surface area (Å²) in [5.41, 5.74) is 1.95. The van der Waals surface area contributed by atoms with Crippen LogP contribution in [-0.4, -0.2) is 58.6 Å². The minimum Gasteiger partial charge on any atom is -0.349 e. The Morgan fingerprint density at radius 3 is 2.64 bits per heavy atom. The molecule has 9 heteroatoms. The van der Waals surface area contributed by atoms with Crippen LogP contribution in [-0.2, 0) is 6.42 Å². The highest BCUT2D eigenvalue weighted by molar-refractivity contribution is 6.34. The summed E-state index contributed by atoms with van der Waals surface area (Å²) < 4.78 is 0. The van der Waals surface area contributed by atoms with Gasteiger partial charge in [-0.3, -0.25) is 14.4 Å². The molecule has 0 saturated carbocycles. The highest BCUT2D eigenvalue weighted by atomic mass is 35.5. The number of imidazole rings is 1. The van der Waals surface area contributed by atoms with Gasteiger partial charge in [0.25, 0.3) is 11.8 Å². The van der Waals surface area contributed by atoms with Crippen LogP contribution in [0.2, 0.25) is 5.02 Å². The second kappa shape index (κ2) is 12.0. The Bertz CT molecular complexity index is 1220. The molecule has 1 fully saturated rings. The van der Waals surface area contributed by atoms with E-state index in [9.17, 15) is 14.4 Å². The van der Waals surface area contributed by atoms with E-state index in [0.29, 0.717) is 28.7 Å². The van der Waals surface area contributed by atoms with E-state index in [4.69, 9.17) is 11.6 Å². The van der Waals surface area contributed by atoms with Gasteiger partial charge in [-0.05, 0) is 55.1 Å². The Morgan fingerprint density at radius 2 is 1.89 bits per heavy atom. The van der Waals surface area contributed by atoms with E-state index in [0.717, 1.165) is 25.2 Å². The van der Waals surface area contributed by atoms with Crippen molar-refractivity contribution in [2.45, 2.75) is 26.2 Å². The SMILES string of the molecule is CC1CCCN(CCNC(=O)c2[nH]cnc2C(=O)Nc2ccc(CC(=O)c3ccccc3Cl)cc2)C1. The van der Waals surface area contributed by atoms with Crippen LogP contribution in [0.15, 0.2) is 54.9 Å². The maximum Gasteiger partial charge on any atom is 0.276 e. The number of anilines is 1. The van der Waals surface area contributed by atoms with Gasteiger partial charge in [-0.15, -0.1) is 0 Å². The molecule has 1 aromatic heterocycles. The maximum atomic E-state index is 12.8. The van der Waals surface area contributed by atoms with E-state index in [-0.39, 0.29) is 29.5 Å². The molecule has 1 aliphatic heterocycles. The number of carbonyl (C=O) groups is 3. The van der Waals surface area contributed by atoms with Gasteiger partial charge < -0.3 is 20.5 Å². The number of hydrogen-bond acceptors (Lipinski definition) is 5. The van der Waals surface area contributed by atoms with Crippen LogP contribution >= 0.6 is 11.6 Å². The Balaban J connectivity index is 1.30. The van der Waals surface area contributed by atoms with Gasteiger partial charge in [0.2, 0.25) is 0 Å². The van der Waals surface area contributed by atoms with Gasteiger partial charge in [-0.2, -0.15) is 0 Å². The van der Waals surface area contributed by atoms with Gasteiger partial charge in [0.1, 0.15) is 5.69 Å². The van der Waals surface area contributed by atoms with Gasteiger partial charge in [0.05, 0.1) is 11.3 Å². The highest BCUT2D eigenvalue weighted by Gasteiger charge is 2.21. The number of nitrogens with one attached hydrogen (secondary N) is 3. The van der Waals surface area contributed by atoms with Gasteiger partial charge in [-0.1, -0.05) is 42.8 Å². The molecule has 3 aromatic rings. The van der Waals surface area contributed by atoms with Gasteiger partial charge in [0, 0.05) is 37.3 Å². The van der Waals surface area contributed by atoms with Crippen molar-refractivity contribution in [1.29, 1.82) is 0 Å². The van der Waals surface area contributed by atoms with Gasteiger partial charge >= 0.3 is 0 Å². The molecule has 3 N–H and O–H groups in total. The number of halogens is 1. The van der Waals surface area contributed by atoms with Crippen molar-refractivity contribution in [2.24, 2.45) is 5.92 Å². The first-order chi connectivity index (χ1) is 17.4. The van der Waals surface area contributed by atoms with Crippen molar-refractivity contribution in [1.82, 2.24) is 20.2 Å². The Hall–Kier alpha value is -3.49. The molecule has 0 radical (unpaired) electrons. The molecule has 0 bridgehead atoms. The second-order valence-corrected chi connectivity index (χ2v) is 9.57. The average molecular weight is 508 g/mol. The summed E-state index contributed by atoms with van der Waals surface area (Å²) in [6.07, 6.45) is 3.95. The van der Waals surface area contributed by atoms with Crippen molar-refractivity contribution >= 4 is 34.9 Å². The Morgan fingerprint density at radius 1 is 1.11 bits per heavy atom. The van der Waals surface area contributed by atoms with Crippen LogP contribution in [0.4, 0.5) is 5.69 Å². The predicted octanol–water partition coefficient (Wildman–Crippen LogP) is 4.20. The zero-order chi connectivity index (χ0) is 25.5. The van der Waals surface area contributed by atoms with Crippen molar-refractivity contribution in [3.63, 3.8) is 0 Å². The fourth-order valence-corrected chi connectivity index (χ4v) is 4.65. The normalized spacial score (nSPS) is 15.9. The number of aromatic amines is 1. The number of carbonyl (C=O) groups excluding carboxylic acids is 3. The number of Topliss-reactive ketones (excluding diaryl/α,β-unsaturated/α-hetero) is 1. The number of hydrogen-bond donors (Lipinski definition) is 3. The van der Waals surface area contributed by atoms with Crippen LogP contribution < -0.4 is 10.6 Å². The lowest BCUT2D eigenvalue weighted by Gasteiger charge is -2.30. The number of likely N-dealkylation sites (tertiary alicyclic amines) is 1. The number of benzene rings is 2. The number of piperidine rings is 1. The van der Waals surface area contributed by atoms with E-state index in [2.05, 4.69) is 32.4 Å². The average Bonchev–Trinajstić information content (AvgIpc) is 3.36. The molecular weight excluding hydrogens is 478 g/mol. The summed E-state index contributed by atoms with van der Waals surface area (Å²) in [5.74, 6) is -0.268. The van der Waals surface area contributed by atoms with Gasteiger partial charge in [0.15, 0.2) is 11.5 Å². The first kappa shape index (κ1) is 25.6. The summed E-state index contributed by atoms with van der Waals surface area (Å²) in [7, 11) is 0. The van der Waals surface area contributed by atoms with E-state index in [1.807, 2.05) is 0 Å². The van der Waals surface area contributed by atoms with Crippen molar-refractivity contribution < 1.29 is 14.4 Å². The molecule has 0 spiro atoms. The first-order valence-corrected chi connectivity index (χ1v) is 12.5. The number of H-pyrrole nitrogens is 1. The number of amides is 2. The van der Waals surface area contributed by atoms with Crippen LogP contribution in [0.25, 0.3) is 0 Å². The van der Waals surface area contributed by atoms with Crippen molar-refractivity contribution in [2.75, 3.05) is 31.5 Å². The van der Waals surface area contributed by atoms with E-state index in [1.54, 1.807) is 48.5 Å². The third-order valence-corrected chi connectivity index (χ3v) is 6.62. The monoisotopic (exact) mass is 507 g/mol. The molecule has 2 heterocycles. The van der Waals surface area contributed by atoms with Crippen LogP contribution in [0, 0.1) is 5.92 Å². The molecule has 36 heavy (non-hydrogen) atoms. The standard InChI is InChI=1S/C27H30ClN5O3/c1-18-5-4-13-33(16-18)14-12-29-26(35)24-25(31-17-30-24)27(36)32-20-10-8-19(9-11-20)15-23(34)21-6-2-3-7-22(21)28/h2-3,6-11,17-18H,4-5,12-16H2,1H3,(H,29,35)(H,30,31)(H,32,36). The largest absolute Gasteiger partial charge is 0.349 e. The Kier molecular flexibility index (Phi) is 8.51.